The normalized spacial score (nSPS) is 12.1. The van der Waals surface area contributed by atoms with Gasteiger partial charge in [-0.25, -0.2) is 4.39 Å². The summed E-state index contributed by atoms with van der Waals surface area (Å²) >= 11 is 1.48. The summed E-state index contributed by atoms with van der Waals surface area (Å²) in [4.78, 5) is 17.0. The Hall–Kier alpha value is -2.27. The second-order valence-corrected chi connectivity index (χ2v) is 6.31. The van der Waals surface area contributed by atoms with E-state index in [-0.39, 0.29) is 11.7 Å². The Morgan fingerprint density at radius 3 is 2.55 bits per heavy atom. The van der Waals surface area contributed by atoms with Crippen LogP contribution in [0.4, 0.5) is 4.39 Å². The topological polar surface area (TPSA) is 34.4 Å². The number of benzene rings is 2. The molecular weight excluding hydrogens is 299 g/mol. The van der Waals surface area contributed by atoms with Gasteiger partial charge in [0.2, 0.25) is 0 Å². The molecule has 0 aliphatic carbocycles. The first-order valence-electron chi connectivity index (χ1n) is 6.87. The second kappa shape index (κ2) is 5.50. The highest BCUT2D eigenvalue weighted by Crippen LogP contribution is 2.22. The Morgan fingerprint density at radius 2 is 1.86 bits per heavy atom. The molecule has 1 heterocycles. The zero-order valence-electron chi connectivity index (χ0n) is 12.6. The minimum absolute atomic E-state index is 0.364. The highest BCUT2D eigenvalue weighted by atomic mass is 32.1. The molecule has 0 unspecified atom stereocenters. The average Bonchev–Trinajstić information content (AvgIpc) is 2.75. The molecule has 0 aliphatic heterocycles. The molecule has 3 aromatic rings. The van der Waals surface area contributed by atoms with Crippen molar-refractivity contribution in [2.45, 2.75) is 13.8 Å². The zero-order chi connectivity index (χ0) is 15.9. The minimum Gasteiger partial charge on any atom is -0.319 e. The number of aromatic nitrogens is 1. The number of fused-ring (bicyclic) bond motifs is 1. The highest BCUT2D eigenvalue weighted by molar-refractivity contribution is 7.16. The van der Waals surface area contributed by atoms with Crippen LogP contribution >= 0.6 is 11.3 Å². The maximum Gasteiger partial charge on any atom is 0.279 e. The molecule has 0 saturated heterocycles. The number of aryl methyl sites for hydroxylation is 3. The number of rotatable bonds is 1. The van der Waals surface area contributed by atoms with Gasteiger partial charge in [-0.1, -0.05) is 17.4 Å². The first-order valence-corrected chi connectivity index (χ1v) is 7.69. The third kappa shape index (κ3) is 2.60. The number of hydrogen-bond donors (Lipinski definition) is 0. The van der Waals surface area contributed by atoms with Gasteiger partial charge in [-0.2, -0.15) is 4.99 Å². The molecule has 1 aromatic heterocycles. The third-order valence-corrected chi connectivity index (χ3v) is 4.60. The van der Waals surface area contributed by atoms with Crippen molar-refractivity contribution in [2.75, 3.05) is 0 Å². The van der Waals surface area contributed by atoms with Crippen LogP contribution in [-0.2, 0) is 7.05 Å². The molecule has 0 N–H and O–H groups in total. The van der Waals surface area contributed by atoms with Gasteiger partial charge in [-0.05, 0) is 55.3 Å². The van der Waals surface area contributed by atoms with E-state index < -0.39 is 0 Å². The largest absolute Gasteiger partial charge is 0.319 e. The lowest BCUT2D eigenvalue weighted by Gasteiger charge is -2.01. The van der Waals surface area contributed by atoms with Gasteiger partial charge in [0.1, 0.15) is 5.82 Å². The van der Waals surface area contributed by atoms with Crippen molar-refractivity contribution in [1.29, 1.82) is 0 Å². The lowest BCUT2D eigenvalue weighted by Crippen LogP contribution is -2.13. The SMILES string of the molecule is Cc1cc(C)c2c(c1)sc(=NC(=O)c1ccc(F)cc1)n2C. The fraction of sp³-hybridized carbons (Fsp3) is 0.176. The minimum atomic E-state index is -0.366. The zero-order valence-corrected chi connectivity index (χ0v) is 13.4. The van der Waals surface area contributed by atoms with E-state index >= 15 is 0 Å². The van der Waals surface area contributed by atoms with Crippen LogP contribution in [0.1, 0.15) is 21.5 Å². The summed E-state index contributed by atoms with van der Waals surface area (Å²) in [7, 11) is 1.90. The van der Waals surface area contributed by atoms with E-state index in [4.69, 9.17) is 0 Å². The molecule has 22 heavy (non-hydrogen) atoms. The standard InChI is InChI=1S/C17H15FN2OS/c1-10-8-11(2)15-14(9-10)22-17(20(15)3)19-16(21)12-4-6-13(18)7-5-12/h4-9H,1-3H3. The first-order chi connectivity index (χ1) is 10.5. The van der Waals surface area contributed by atoms with E-state index in [1.54, 1.807) is 0 Å². The fourth-order valence-electron chi connectivity index (χ4n) is 2.53. The summed E-state index contributed by atoms with van der Waals surface area (Å²) in [5.74, 6) is -0.730. The van der Waals surface area contributed by atoms with Crippen LogP contribution in [0, 0.1) is 19.7 Å². The monoisotopic (exact) mass is 314 g/mol. The van der Waals surface area contributed by atoms with Crippen molar-refractivity contribution in [3.05, 3.63) is 63.7 Å². The van der Waals surface area contributed by atoms with E-state index in [0.29, 0.717) is 10.4 Å². The van der Waals surface area contributed by atoms with Crippen LogP contribution < -0.4 is 4.80 Å². The van der Waals surface area contributed by atoms with Crippen LogP contribution in [0.2, 0.25) is 0 Å². The molecule has 3 nitrogen and oxygen atoms in total. The molecule has 5 heteroatoms. The molecule has 0 atom stereocenters. The van der Waals surface area contributed by atoms with Crippen LogP contribution in [-0.4, -0.2) is 10.5 Å². The highest BCUT2D eigenvalue weighted by Gasteiger charge is 2.09. The fourth-order valence-corrected chi connectivity index (χ4v) is 3.73. The quantitative estimate of drug-likeness (QED) is 0.674. The van der Waals surface area contributed by atoms with Gasteiger partial charge in [-0.15, -0.1) is 0 Å². The summed E-state index contributed by atoms with van der Waals surface area (Å²) in [5, 5.41) is 0. The number of hydrogen-bond acceptors (Lipinski definition) is 2. The molecule has 0 bridgehead atoms. The van der Waals surface area contributed by atoms with E-state index in [9.17, 15) is 9.18 Å². The van der Waals surface area contributed by atoms with Crippen LogP contribution in [0.25, 0.3) is 10.2 Å². The van der Waals surface area contributed by atoms with Gasteiger partial charge in [-0.3, -0.25) is 4.79 Å². The lowest BCUT2D eigenvalue weighted by atomic mass is 10.1. The first kappa shape index (κ1) is 14.7. The van der Waals surface area contributed by atoms with Gasteiger partial charge in [0, 0.05) is 12.6 Å². The summed E-state index contributed by atoms with van der Waals surface area (Å²) in [5.41, 5.74) is 3.81. The van der Waals surface area contributed by atoms with Crippen molar-refractivity contribution >= 4 is 27.5 Å². The van der Waals surface area contributed by atoms with Crippen molar-refractivity contribution < 1.29 is 9.18 Å². The predicted molar refractivity (Wildman–Crippen MR) is 86.6 cm³/mol. The maximum absolute atomic E-state index is 12.9. The van der Waals surface area contributed by atoms with Gasteiger partial charge in [0.25, 0.3) is 5.91 Å². The molecular formula is C17H15FN2OS. The number of amides is 1. The van der Waals surface area contributed by atoms with Crippen molar-refractivity contribution in [1.82, 2.24) is 4.57 Å². The molecule has 0 saturated carbocycles. The van der Waals surface area contributed by atoms with Crippen LogP contribution in [0.15, 0.2) is 41.4 Å². The molecule has 112 valence electrons. The van der Waals surface area contributed by atoms with Gasteiger partial charge in [0.05, 0.1) is 10.2 Å². The Balaban J connectivity index is 2.13. The smallest absolute Gasteiger partial charge is 0.279 e. The van der Waals surface area contributed by atoms with E-state index in [0.717, 1.165) is 15.8 Å². The Bertz CT molecular complexity index is 936. The second-order valence-electron chi connectivity index (χ2n) is 5.30. The van der Waals surface area contributed by atoms with E-state index in [2.05, 4.69) is 17.1 Å². The summed E-state index contributed by atoms with van der Waals surface area (Å²) in [6.07, 6.45) is 0. The number of carbonyl (C=O) groups excluding carboxylic acids is 1. The molecule has 1 amide bonds. The number of halogens is 1. The lowest BCUT2D eigenvalue weighted by molar-refractivity contribution is 0.0998. The molecule has 0 spiro atoms. The van der Waals surface area contributed by atoms with Crippen molar-refractivity contribution in [2.24, 2.45) is 12.0 Å². The van der Waals surface area contributed by atoms with Crippen molar-refractivity contribution in [3.8, 4) is 0 Å². The van der Waals surface area contributed by atoms with Crippen LogP contribution in [0.3, 0.4) is 0 Å². The average molecular weight is 314 g/mol. The molecule has 0 aliphatic rings. The number of nitrogens with zero attached hydrogens (tertiary/aromatic N) is 2. The van der Waals surface area contributed by atoms with E-state index in [1.807, 2.05) is 25.5 Å². The molecule has 2 aromatic carbocycles. The third-order valence-electron chi connectivity index (χ3n) is 3.52. The molecule has 0 radical (unpaired) electrons. The van der Waals surface area contributed by atoms with Gasteiger partial charge < -0.3 is 4.57 Å². The summed E-state index contributed by atoms with van der Waals surface area (Å²) in [6.45, 7) is 4.10. The number of carbonyl (C=O) groups is 1. The summed E-state index contributed by atoms with van der Waals surface area (Å²) in [6, 6.07) is 9.63. The summed E-state index contributed by atoms with van der Waals surface area (Å²) < 4.78 is 15.9. The maximum atomic E-state index is 12.9. The van der Waals surface area contributed by atoms with Crippen LogP contribution in [0.5, 0.6) is 0 Å². The Kier molecular flexibility index (Phi) is 3.66. The van der Waals surface area contributed by atoms with E-state index in [1.165, 1.54) is 41.2 Å². The number of thiazole rings is 1. The molecule has 3 rings (SSSR count). The van der Waals surface area contributed by atoms with Crippen molar-refractivity contribution in [3.63, 3.8) is 0 Å². The van der Waals surface area contributed by atoms with Gasteiger partial charge in [0.15, 0.2) is 4.80 Å². The molecule has 0 fully saturated rings. The predicted octanol–water partition coefficient (Wildman–Crippen LogP) is 3.74. The Morgan fingerprint density at radius 1 is 1.18 bits per heavy atom. The Labute approximate surface area is 131 Å². The van der Waals surface area contributed by atoms with Gasteiger partial charge >= 0.3 is 0 Å².